The highest BCUT2D eigenvalue weighted by Crippen LogP contribution is 1.91. The number of aryl methyl sites for hydroxylation is 1. The molecule has 0 aliphatic carbocycles. The quantitative estimate of drug-likeness (QED) is 0.586. The average Bonchev–Trinajstić information content (AvgIpc) is 2.75. The number of aromatic nitrogens is 2. The molecule has 0 spiro atoms. The van der Waals surface area contributed by atoms with E-state index >= 15 is 0 Å². The third-order valence-electron chi connectivity index (χ3n) is 2.28. The fourth-order valence-electron chi connectivity index (χ4n) is 1.14. The summed E-state index contributed by atoms with van der Waals surface area (Å²) < 4.78 is 1.69. The molecule has 90 valence electrons. The van der Waals surface area contributed by atoms with E-state index < -0.39 is 12.1 Å². The lowest BCUT2D eigenvalue weighted by Gasteiger charge is -2.15. The van der Waals surface area contributed by atoms with E-state index in [4.69, 9.17) is 10.8 Å². The molecule has 0 fully saturated rings. The van der Waals surface area contributed by atoms with E-state index in [0.29, 0.717) is 13.0 Å². The van der Waals surface area contributed by atoms with Crippen LogP contribution in [0.15, 0.2) is 18.5 Å². The summed E-state index contributed by atoms with van der Waals surface area (Å²) in [6.45, 7) is 2.43. The van der Waals surface area contributed by atoms with Crippen LogP contribution < -0.4 is 11.1 Å². The van der Waals surface area contributed by atoms with Crippen LogP contribution in [0, 0.1) is 0 Å². The highest BCUT2D eigenvalue weighted by molar-refractivity contribution is 5.75. The monoisotopic (exact) mass is 226 g/mol. The van der Waals surface area contributed by atoms with Crippen molar-refractivity contribution in [3.8, 4) is 0 Å². The third kappa shape index (κ3) is 4.41. The van der Waals surface area contributed by atoms with Crippen molar-refractivity contribution in [3.63, 3.8) is 0 Å². The summed E-state index contributed by atoms with van der Waals surface area (Å²) >= 11 is 0. The van der Waals surface area contributed by atoms with Gasteiger partial charge in [-0.25, -0.2) is 0 Å². The summed E-state index contributed by atoms with van der Waals surface area (Å²) in [5, 5.41) is 15.8. The van der Waals surface area contributed by atoms with Gasteiger partial charge in [0.25, 0.3) is 0 Å². The number of carbonyl (C=O) groups excluding carboxylic acids is 1. The van der Waals surface area contributed by atoms with Crippen molar-refractivity contribution in [3.05, 3.63) is 18.5 Å². The summed E-state index contributed by atoms with van der Waals surface area (Å²) in [6.07, 6.45) is 3.20. The Morgan fingerprint density at radius 2 is 2.44 bits per heavy atom. The largest absolute Gasteiger partial charge is 0.392 e. The molecular weight excluding hydrogens is 208 g/mol. The molecule has 0 radical (unpaired) electrons. The molecule has 2 unspecified atom stereocenters. The van der Waals surface area contributed by atoms with Gasteiger partial charge in [0.05, 0.1) is 6.10 Å². The van der Waals surface area contributed by atoms with Crippen LogP contribution in [0.4, 0.5) is 0 Å². The zero-order valence-corrected chi connectivity index (χ0v) is 9.34. The molecule has 6 nitrogen and oxygen atoms in total. The number of aliphatic hydroxyl groups excluding tert-OH is 1. The standard InChI is InChI=1S/C10H18N4O2/c1-8(15)9(11)7-12-10(16)3-6-14-5-2-4-13-14/h2,4-5,8-9,15H,3,6-7,11H2,1H3,(H,12,16). The fraction of sp³-hybridized carbons (Fsp3) is 0.600. The minimum Gasteiger partial charge on any atom is -0.392 e. The first kappa shape index (κ1) is 12.7. The zero-order valence-electron chi connectivity index (χ0n) is 9.34. The molecule has 0 aliphatic rings. The molecule has 0 aromatic carbocycles. The van der Waals surface area contributed by atoms with Crippen molar-refractivity contribution >= 4 is 5.91 Å². The van der Waals surface area contributed by atoms with Gasteiger partial charge in [0.2, 0.25) is 5.91 Å². The first-order valence-corrected chi connectivity index (χ1v) is 5.27. The molecule has 0 saturated carbocycles. The Hall–Kier alpha value is -1.40. The average molecular weight is 226 g/mol. The molecule has 2 atom stereocenters. The predicted molar refractivity (Wildman–Crippen MR) is 59.5 cm³/mol. The third-order valence-corrected chi connectivity index (χ3v) is 2.28. The number of hydrogen-bond donors (Lipinski definition) is 3. The Kier molecular flexibility index (Phi) is 4.94. The Labute approximate surface area is 94.4 Å². The van der Waals surface area contributed by atoms with Crippen LogP contribution in [0.3, 0.4) is 0 Å². The van der Waals surface area contributed by atoms with Gasteiger partial charge in [0.15, 0.2) is 0 Å². The second-order valence-corrected chi connectivity index (χ2v) is 3.73. The van der Waals surface area contributed by atoms with Gasteiger partial charge in [-0.2, -0.15) is 5.10 Å². The highest BCUT2D eigenvalue weighted by atomic mass is 16.3. The number of nitrogens with zero attached hydrogens (tertiary/aromatic N) is 2. The Morgan fingerprint density at radius 1 is 1.69 bits per heavy atom. The smallest absolute Gasteiger partial charge is 0.221 e. The maximum atomic E-state index is 11.4. The van der Waals surface area contributed by atoms with E-state index in [-0.39, 0.29) is 12.5 Å². The molecule has 1 amide bonds. The van der Waals surface area contributed by atoms with Gasteiger partial charge in [0, 0.05) is 37.9 Å². The van der Waals surface area contributed by atoms with Crippen molar-refractivity contribution in [1.29, 1.82) is 0 Å². The summed E-state index contributed by atoms with van der Waals surface area (Å²) in [6, 6.07) is 1.38. The molecule has 1 rings (SSSR count). The maximum absolute atomic E-state index is 11.4. The van der Waals surface area contributed by atoms with Gasteiger partial charge in [-0.3, -0.25) is 9.48 Å². The molecule has 1 aromatic heterocycles. The second kappa shape index (κ2) is 6.24. The molecular formula is C10H18N4O2. The van der Waals surface area contributed by atoms with E-state index in [9.17, 15) is 4.79 Å². The van der Waals surface area contributed by atoms with Crippen molar-refractivity contribution in [2.45, 2.75) is 32.0 Å². The predicted octanol–water partition coefficient (Wildman–Crippen LogP) is -0.902. The van der Waals surface area contributed by atoms with Crippen LogP contribution in [-0.2, 0) is 11.3 Å². The number of nitrogens with one attached hydrogen (secondary N) is 1. The van der Waals surface area contributed by atoms with Crippen molar-refractivity contribution in [2.75, 3.05) is 6.54 Å². The minimum absolute atomic E-state index is 0.0911. The SMILES string of the molecule is CC(O)C(N)CNC(=O)CCn1cccn1. The molecule has 1 heterocycles. The van der Waals surface area contributed by atoms with Crippen molar-refractivity contribution in [1.82, 2.24) is 15.1 Å². The van der Waals surface area contributed by atoms with Gasteiger partial charge < -0.3 is 16.2 Å². The van der Waals surface area contributed by atoms with Crippen LogP contribution in [0.2, 0.25) is 0 Å². The summed E-state index contributed by atoms with van der Waals surface area (Å²) in [7, 11) is 0. The molecule has 4 N–H and O–H groups in total. The fourth-order valence-corrected chi connectivity index (χ4v) is 1.14. The van der Waals surface area contributed by atoms with E-state index in [1.54, 1.807) is 30.1 Å². The summed E-state index contributed by atoms with van der Waals surface area (Å²) in [5.41, 5.74) is 5.57. The van der Waals surface area contributed by atoms with Crippen LogP contribution in [0.5, 0.6) is 0 Å². The topological polar surface area (TPSA) is 93.2 Å². The Morgan fingerprint density at radius 3 is 3.00 bits per heavy atom. The van der Waals surface area contributed by atoms with Gasteiger partial charge in [-0.05, 0) is 13.0 Å². The molecule has 6 heteroatoms. The van der Waals surface area contributed by atoms with Crippen molar-refractivity contribution < 1.29 is 9.90 Å². The van der Waals surface area contributed by atoms with Crippen LogP contribution in [0.25, 0.3) is 0 Å². The van der Waals surface area contributed by atoms with Crippen molar-refractivity contribution in [2.24, 2.45) is 5.73 Å². The Balaban J connectivity index is 2.16. The number of hydrogen-bond acceptors (Lipinski definition) is 4. The van der Waals surface area contributed by atoms with Crippen LogP contribution in [0.1, 0.15) is 13.3 Å². The van der Waals surface area contributed by atoms with Crippen LogP contribution in [-0.4, -0.2) is 39.5 Å². The van der Waals surface area contributed by atoms with E-state index in [1.165, 1.54) is 0 Å². The lowest BCUT2D eigenvalue weighted by Crippen LogP contribution is -2.43. The first-order chi connectivity index (χ1) is 7.59. The number of carbonyl (C=O) groups is 1. The lowest BCUT2D eigenvalue weighted by molar-refractivity contribution is -0.121. The number of nitrogens with two attached hydrogens (primary N) is 1. The number of aliphatic hydroxyl groups is 1. The normalized spacial score (nSPS) is 14.4. The van der Waals surface area contributed by atoms with Gasteiger partial charge >= 0.3 is 0 Å². The second-order valence-electron chi connectivity index (χ2n) is 3.73. The minimum atomic E-state index is -0.619. The molecule has 0 aliphatic heterocycles. The first-order valence-electron chi connectivity index (χ1n) is 5.27. The van der Waals surface area contributed by atoms with Gasteiger partial charge in [0.1, 0.15) is 0 Å². The zero-order chi connectivity index (χ0) is 12.0. The van der Waals surface area contributed by atoms with E-state index in [0.717, 1.165) is 0 Å². The molecule has 1 aromatic rings. The number of rotatable bonds is 6. The highest BCUT2D eigenvalue weighted by Gasteiger charge is 2.10. The maximum Gasteiger partial charge on any atom is 0.221 e. The van der Waals surface area contributed by atoms with Gasteiger partial charge in [-0.15, -0.1) is 0 Å². The summed E-state index contributed by atoms with van der Waals surface area (Å²) in [4.78, 5) is 11.4. The number of amides is 1. The summed E-state index contributed by atoms with van der Waals surface area (Å²) in [5.74, 6) is -0.0911. The van der Waals surface area contributed by atoms with Gasteiger partial charge in [-0.1, -0.05) is 0 Å². The molecule has 0 saturated heterocycles. The molecule has 0 bridgehead atoms. The van der Waals surface area contributed by atoms with Crippen LogP contribution >= 0.6 is 0 Å². The van der Waals surface area contributed by atoms with E-state index in [1.807, 2.05) is 0 Å². The Bertz CT molecular complexity index is 311. The lowest BCUT2D eigenvalue weighted by atomic mass is 10.2. The molecule has 16 heavy (non-hydrogen) atoms. The van der Waals surface area contributed by atoms with E-state index in [2.05, 4.69) is 10.4 Å².